The molecule has 2 rings (SSSR count). The largest absolute Gasteiger partial charge is 0.477 e. The third-order valence-corrected chi connectivity index (χ3v) is 16.4. The zero-order chi connectivity index (χ0) is 59.4. The molecule has 80 heavy (non-hydrogen) atoms. The normalized spacial score (nSPS) is 26.6. The highest BCUT2D eigenvalue weighted by atomic mass is 31.2. The minimum absolute atomic E-state index is 0.111. The molecule has 12 N–H and O–H groups in total. The standard InChI is InChI=1S/C58H109N2O19P/c1-5-7-9-11-13-15-17-18-19-20-21-22-23-24-25-26-28-30-32-34-36-38-47(65)60-43(44(62)37-35-33-31-29-27-16-14-12-10-8-6-2)40-76-80(73,74)79-56-52(69)50(67)51(68)55(53(56)70)78-58(57(71)72)39-45(63)48(59-42(3)61)54(77-58)49(66)46(64)41-75-4/h35,37,43-46,48-56,62-64,66-70H,5-34,36,38-41H2,1-4H3,(H,59,61)(H,60,65)(H,71,72)(H,73,74). The van der Waals surface area contributed by atoms with E-state index >= 15 is 0 Å². The Morgan fingerprint density at radius 2 is 1.10 bits per heavy atom. The second kappa shape index (κ2) is 42.6. The first-order valence-corrected chi connectivity index (χ1v) is 32.2. The highest BCUT2D eigenvalue weighted by Gasteiger charge is 2.61. The van der Waals surface area contributed by atoms with Crippen LogP contribution in [0.1, 0.15) is 233 Å². The Labute approximate surface area is 477 Å². The summed E-state index contributed by atoms with van der Waals surface area (Å²) in [5, 5.41) is 104. The van der Waals surface area contributed by atoms with E-state index in [1.807, 2.05) is 0 Å². The van der Waals surface area contributed by atoms with Gasteiger partial charge in [0, 0.05) is 26.9 Å². The lowest BCUT2D eigenvalue weighted by Crippen LogP contribution is -2.71. The molecule has 0 aromatic rings. The van der Waals surface area contributed by atoms with Gasteiger partial charge in [-0.2, -0.15) is 0 Å². The Morgan fingerprint density at radius 1 is 0.650 bits per heavy atom. The van der Waals surface area contributed by atoms with Crippen LogP contribution in [0.2, 0.25) is 0 Å². The fraction of sp³-hybridized carbons (Fsp3) is 0.914. The lowest BCUT2D eigenvalue weighted by Gasteiger charge is -2.50. The summed E-state index contributed by atoms with van der Waals surface area (Å²) in [6.07, 6.45) is 15.5. The van der Waals surface area contributed by atoms with Gasteiger partial charge in [-0.3, -0.25) is 18.6 Å². The Balaban J connectivity index is 2.03. The van der Waals surface area contributed by atoms with Crippen molar-refractivity contribution in [1.29, 1.82) is 0 Å². The molecule has 1 aliphatic carbocycles. The summed E-state index contributed by atoms with van der Waals surface area (Å²) in [4.78, 5) is 49.3. The monoisotopic (exact) mass is 1170 g/mol. The van der Waals surface area contributed by atoms with Crippen LogP contribution in [0.25, 0.3) is 0 Å². The molecule has 1 aliphatic heterocycles. The first kappa shape index (κ1) is 73.9. The number of hydrogen-bond acceptors (Lipinski definition) is 17. The second-order valence-electron chi connectivity index (χ2n) is 22.6. The van der Waals surface area contributed by atoms with Gasteiger partial charge in [0.2, 0.25) is 11.8 Å². The van der Waals surface area contributed by atoms with Crippen LogP contribution in [0.4, 0.5) is 0 Å². The minimum atomic E-state index is -5.47. The van der Waals surface area contributed by atoms with Gasteiger partial charge in [-0.15, -0.1) is 0 Å². The van der Waals surface area contributed by atoms with Crippen molar-refractivity contribution in [2.45, 2.75) is 318 Å². The number of methoxy groups -OCH3 is 1. The van der Waals surface area contributed by atoms with Crippen molar-refractivity contribution in [2.24, 2.45) is 0 Å². The molecule has 470 valence electrons. The molecule has 0 spiro atoms. The zero-order valence-corrected chi connectivity index (χ0v) is 49.9. The SMILES string of the molecule is CCCCCCCCCCCC=CC(O)C(COP(=O)(O)OC1C(O)C(O)C(O)C(OC2(C(=O)O)CC(O)C(NC(C)=O)C(C(O)C(O)COC)O2)C1O)NC(=O)CCCCCCCCCCCCCCCCCCCCCCC. The number of phosphoric acid groups is 1. The van der Waals surface area contributed by atoms with Crippen LogP contribution in [0.3, 0.4) is 0 Å². The highest BCUT2D eigenvalue weighted by Crippen LogP contribution is 2.48. The average Bonchev–Trinajstić information content (AvgIpc) is 3.42. The maximum Gasteiger partial charge on any atom is 0.472 e. The molecule has 1 saturated carbocycles. The Morgan fingerprint density at radius 3 is 1.55 bits per heavy atom. The van der Waals surface area contributed by atoms with Crippen LogP contribution in [-0.4, -0.2) is 174 Å². The van der Waals surface area contributed by atoms with E-state index < -0.39 is 130 Å². The van der Waals surface area contributed by atoms with E-state index in [4.69, 9.17) is 23.3 Å². The predicted octanol–water partition coefficient (Wildman–Crippen LogP) is 7.06. The summed E-state index contributed by atoms with van der Waals surface area (Å²) in [5.74, 6) is -6.33. The van der Waals surface area contributed by atoms with E-state index in [0.29, 0.717) is 12.8 Å². The van der Waals surface area contributed by atoms with Gasteiger partial charge < -0.3 is 75.7 Å². The number of nitrogens with one attached hydrogen (secondary N) is 2. The second-order valence-corrected chi connectivity index (χ2v) is 24.0. The summed E-state index contributed by atoms with van der Waals surface area (Å²) in [6.45, 7) is 4.16. The first-order valence-electron chi connectivity index (χ1n) is 30.7. The highest BCUT2D eigenvalue weighted by molar-refractivity contribution is 7.47. The molecule has 21 nitrogen and oxygen atoms in total. The molecule has 0 aromatic carbocycles. The number of carbonyl (C=O) groups is 3. The van der Waals surface area contributed by atoms with Crippen LogP contribution in [0.15, 0.2) is 12.2 Å². The minimum Gasteiger partial charge on any atom is -0.477 e. The molecule has 2 fully saturated rings. The van der Waals surface area contributed by atoms with E-state index in [1.54, 1.807) is 6.08 Å². The zero-order valence-electron chi connectivity index (χ0n) is 49.0. The number of amides is 2. The number of carboxylic acid groups (broad SMARTS) is 1. The number of aliphatic carboxylic acids is 1. The van der Waals surface area contributed by atoms with E-state index in [-0.39, 0.29) is 6.42 Å². The summed E-state index contributed by atoms with van der Waals surface area (Å²) < 4.78 is 40.2. The third-order valence-electron chi connectivity index (χ3n) is 15.5. The van der Waals surface area contributed by atoms with Crippen molar-refractivity contribution in [3.05, 3.63) is 12.2 Å². The van der Waals surface area contributed by atoms with Gasteiger partial charge in [-0.1, -0.05) is 206 Å². The van der Waals surface area contributed by atoms with Crippen molar-refractivity contribution in [3.63, 3.8) is 0 Å². The Kier molecular flexibility index (Phi) is 39.4. The van der Waals surface area contributed by atoms with E-state index in [1.165, 1.54) is 148 Å². The maximum absolute atomic E-state index is 13.6. The molecule has 15 unspecified atom stereocenters. The Hall–Kier alpha value is -2.18. The summed E-state index contributed by atoms with van der Waals surface area (Å²) >= 11 is 0. The van der Waals surface area contributed by atoms with Crippen molar-refractivity contribution < 1.29 is 93.1 Å². The molecule has 2 aliphatic rings. The van der Waals surface area contributed by atoms with Gasteiger partial charge in [-0.05, 0) is 19.3 Å². The fourth-order valence-corrected chi connectivity index (χ4v) is 11.6. The molecule has 1 heterocycles. The molecule has 2 amide bonds. The van der Waals surface area contributed by atoms with E-state index in [9.17, 15) is 69.8 Å². The third kappa shape index (κ3) is 29.1. The number of carbonyl (C=O) groups excluding carboxylic acids is 2. The molecular weight excluding hydrogens is 1060 g/mol. The fourth-order valence-electron chi connectivity index (χ4n) is 10.6. The Bertz CT molecular complexity index is 1720. The molecule has 0 radical (unpaired) electrons. The van der Waals surface area contributed by atoms with Crippen LogP contribution in [-0.2, 0) is 42.2 Å². The summed E-state index contributed by atoms with van der Waals surface area (Å²) in [7, 11) is -4.28. The molecular formula is C58H109N2O19P. The van der Waals surface area contributed by atoms with Crippen LogP contribution in [0, 0.1) is 0 Å². The number of allylic oxidation sites excluding steroid dienone is 1. The molecule has 0 aromatic heterocycles. The number of hydrogen-bond donors (Lipinski definition) is 12. The van der Waals surface area contributed by atoms with E-state index in [2.05, 4.69) is 24.5 Å². The number of carboxylic acids is 1. The predicted molar refractivity (Wildman–Crippen MR) is 303 cm³/mol. The quantitative estimate of drug-likeness (QED) is 0.0165. The molecule has 1 saturated heterocycles. The van der Waals surface area contributed by atoms with Gasteiger partial charge in [0.1, 0.15) is 54.9 Å². The lowest BCUT2D eigenvalue weighted by molar-refractivity contribution is -0.350. The summed E-state index contributed by atoms with van der Waals surface area (Å²) in [6, 6.07) is -2.84. The van der Waals surface area contributed by atoms with Crippen LogP contribution >= 0.6 is 7.82 Å². The lowest BCUT2D eigenvalue weighted by atomic mass is 9.84. The molecule has 22 heteroatoms. The van der Waals surface area contributed by atoms with Crippen molar-refractivity contribution in [3.8, 4) is 0 Å². The molecule has 0 bridgehead atoms. The number of phosphoric ester groups is 1. The number of unbranched alkanes of at least 4 members (excludes halogenated alkanes) is 29. The smallest absolute Gasteiger partial charge is 0.472 e. The number of aliphatic hydroxyl groups is 8. The topological polar surface area (TPSA) is 341 Å². The van der Waals surface area contributed by atoms with Crippen molar-refractivity contribution >= 4 is 25.6 Å². The average molecular weight is 1170 g/mol. The van der Waals surface area contributed by atoms with Crippen molar-refractivity contribution in [1.82, 2.24) is 10.6 Å². The van der Waals surface area contributed by atoms with E-state index in [0.717, 1.165) is 58.3 Å². The van der Waals surface area contributed by atoms with Gasteiger partial charge in [0.25, 0.3) is 5.79 Å². The van der Waals surface area contributed by atoms with Gasteiger partial charge >= 0.3 is 13.8 Å². The number of rotatable bonds is 48. The number of ether oxygens (including phenoxy) is 3. The van der Waals surface area contributed by atoms with Gasteiger partial charge in [-0.25, -0.2) is 9.36 Å². The van der Waals surface area contributed by atoms with Crippen LogP contribution in [0.5, 0.6) is 0 Å². The van der Waals surface area contributed by atoms with Gasteiger partial charge in [0.05, 0.1) is 37.5 Å². The first-order chi connectivity index (χ1) is 38.2. The summed E-state index contributed by atoms with van der Waals surface area (Å²) in [5.41, 5.74) is 0. The van der Waals surface area contributed by atoms with Crippen LogP contribution < -0.4 is 10.6 Å². The number of aliphatic hydroxyl groups excluding tert-OH is 8. The maximum atomic E-state index is 13.6. The van der Waals surface area contributed by atoms with Gasteiger partial charge in [0.15, 0.2) is 0 Å². The van der Waals surface area contributed by atoms with Crippen molar-refractivity contribution in [2.75, 3.05) is 20.3 Å². The molecule has 15 atom stereocenters.